The largest absolute Gasteiger partial charge is 0.444 e. The molecule has 1 saturated heterocycles. The maximum Gasteiger partial charge on any atom is 0.211 e. The van der Waals surface area contributed by atoms with Gasteiger partial charge in [-0.1, -0.05) is 6.92 Å². The Morgan fingerprint density at radius 3 is 3.20 bits per heavy atom. The summed E-state index contributed by atoms with van der Waals surface area (Å²) in [6.07, 6.45) is 2.88. The molecule has 84 valence electrons. The number of nitrogens with one attached hydrogen (secondary N) is 1. The molecule has 2 atom stereocenters. The van der Waals surface area contributed by atoms with Crippen LogP contribution < -0.4 is 5.32 Å². The lowest BCUT2D eigenvalue weighted by atomic mass is 10.1. The third-order valence-corrected chi connectivity index (χ3v) is 2.75. The van der Waals surface area contributed by atoms with Crippen molar-refractivity contribution in [2.24, 2.45) is 0 Å². The number of hydrogen-bond acceptors (Lipinski definition) is 4. The maximum absolute atomic E-state index is 5.73. The molecular weight excluding hydrogens is 192 g/mol. The highest BCUT2D eigenvalue weighted by Gasteiger charge is 2.22. The first-order valence-electron chi connectivity index (χ1n) is 5.58. The molecule has 0 saturated carbocycles. The normalized spacial score (nSPS) is 23.2. The van der Waals surface area contributed by atoms with E-state index in [-0.39, 0.29) is 6.04 Å². The molecule has 0 aliphatic carbocycles. The molecule has 0 aromatic carbocycles. The third-order valence-electron chi connectivity index (χ3n) is 2.75. The molecular formula is C11H18N2O2. The zero-order valence-corrected chi connectivity index (χ0v) is 9.32. The summed E-state index contributed by atoms with van der Waals surface area (Å²) < 4.78 is 11.1. The second-order valence-electron chi connectivity index (χ2n) is 3.94. The molecule has 0 amide bonds. The Hall–Kier alpha value is -0.870. The van der Waals surface area contributed by atoms with Crippen molar-refractivity contribution >= 4 is 0 Å². The Balaban J connectivity index is 2.02. The topological polar surface area (TPSA) is 47.3 Å². The van der Waals surface area contributed by atoms with Crippen molar-refractivity contribution in [2.45, 2.75) is 32.2 Å². The fraction of sp³-hybridized carbons (Fsp3) is 0.727. The summed E-state index contributed by atoms with van der Waals surface area (Å²) in [5, 5.41) is 3.28. The molecule has 1 aromatic heterocycles. The van der Waals surface area contributed by atoms with Crippen molar-refractivity contribution in [2.75, 3.05) is 19.8 Å². The molecule has 1 aliphatic heterocycles. The van der Waals surface area contributed by atoms with E-state index in [0.717, 1.165) is 37.8 Å². The summed E-state index contributed by atoms with van der Waals surface area (Å²) in [4.78, 5) is 4.29. The minimum atomic E-state index is 0.186. The van der Waals surface area contributed by atoms with Crippen molar-refractivity contribution in [3.63, 3.8) is 0 Å². The van der Waals surface area contributed by atoms with Crippen LogP contribution in [0.5, 0.6) is 0 Å². The molecule has 1 aliphatic rings. The number of nitrogens with zero attached hydrogens (tertiary/aromatic N) is 1. The molecule has 4 nitrogen and oxygen atoms in total. The van der Waals surface area contributed by atoms with Crippen LogP contribution in [0.1, 0.15) is 43.9 Å². The van der Waals surface area contributed by atoms with Gasteiger partial charge < -0.3 is 14.5 Å². The zero-order chi connectivity index (χ0) is 10.7. The van der Waals surface area contributed by atoms with Crippen LogP contribution in [-0.2, 0) is 4.74 Å². The third kappa shape index (κ3) is 2.38. The van der Waals surface area contributed by atoms with E-state index in [1.54, 1.807) is 0 Å². The van der Waals surface area contributed by atoms with Gasteiger partial charge in [-0.05, 0) is 19.9 Å². The van der Waals surface area contributed by atoms with Gasteiger partial charge in [0.15, 0.2) is 0 Å². The Bertz CT molecular complexity index is 305. The highest BCUT2D eigenvalue weighted by atomic mass is 16.5. The average Bonchev–Trinajstić information content (AvgIpc) is 2.89. The van der Waals surface area contributed by atoms with Crippen molar-refractivity contribution in [1.82, 2.24) is 10.3 Å². The number of rotatable bonds is 4. The van der Waals surface area contributed by atoms with Crippen molar-refractivity contribution in [1.29, 1.82) is 0 Å². The van der Waals surface area contributed by atoms with E-state index in [1.807, 2.05) is 6.20 Å². The molecule has 2 heterocycles. The van der Waals surface area contributed by atoms with E-state index in [9.17, 15) is 0 Å². The highest BCUT2D eigenvalue weighted by Crippen LogP contribution is 2.26. The van der Waals surface area contributed by atoms with Crippen LogP contribution in [0.3, 0.4) is 0 Å². The molecule has 2 unspecified atom stereocenters. The molecule has 0 spiro atoms. The van der Waals surface area contributed by atoms with Crippen LogP contribution in [0.4, 0.5) is 0 Å². The fourth-order valence-corrected chi connectivity index (χ4v) is 1.84. The van der Waals surface area contributed by atoms with Gasteiger partial charge in [0, 0.05) is 12.5 Å². The first-order chi connectivity index (χ1) is 7.31. The number of oxazole rings is 1. The average molecular weight is 210 g/mol. The van der Waals surface area contributed by atoms with Crippen LogP contribution in [0, 0.1) is 0 Å². The van der Waals surface area contributed by atoms with Gasteiger partial charge >= 0.3 is 0 Å². The van der Waals surface area contributed by atoms with Crippen LogP contribution in [-0.4, -0.2) is 24.7 Å². The zero-order valence-electron chi connectivity index (χ0n) is 9.32. The quantitative estimate of drug-likeness (QED) is 0.823. The first-order valence-corrected chi connectivity index (χ1v) is 5.58. The van der Waals surface area contributed by atoms with Crippen LogP contribution >= 0.6 is 0 Å². The summed E-state index contributed by atoms with van der Waals surface area (Å²) in [5.41, 5.74) is 0. The van der Waals surface area contributed by atoms with Gasteiger partial charge in [0.2, 0.25) is 5.89 Å². The molecule has 1 fully saturated rings. The molecule has 0 radical (unpaired) electrons. The Kier molecular flexibility index (Phi) is 3.38. The predicted octanol–water partition coefficient (Wildman–Crippen LogP) is 1.85. The smallest absolute Gasteiger partial charge is 0.211 e. The maximum atomic E-state index is 5.73. The second kappa shape index (κ2) is 4.77. The molecule has 0 bridgehead atoms. The van der Waals surface area contributed by atoms with Gasteiger partial charge in [0.25, 0.3) is 0 Å². The monoisotopic (exact) mass is 210 g/mol. The number of ether oxygens (including phenoxy) is 1. The van der Waals surface area contributed by atoms with E-state index >= 15 is 0 Å². The number of aromatic nitrogens is 1. The van der Waals surface area contributed by atoms with Crippen molar-refractivity contribution < 1.29 is 9.15 Å². The molecule has 15 heavy (non-hydrogen) atoms. The van der Waals surface area contributed by atoms with Crippen LogP contribution in [0.25, 0.3) is 0 Å². The SMILES string of the molecule is CCNC(C)c1ncc(C2CCOC2)o1. The summed E-state index contributed by atoms with van der Waals surface area (Å²) in [6, 6.07) is 0.186. The van der Waals surface area contributed by atoms with Crippen LogP contribution in [0.2, 0.25) is 0 Å². The molecule has 1 aromatic rings. The Morgan fingerprint density at radius 2 is 2.53 bits per heavy atom. The van der Waals surface area contributed by atoms with E-state index in [1.165, 1.54) is 0 Å². The van der Waals surface area contributed by atoms with E-state index in [0.29, 0.717) is 5.92 Å². The van der Waals surface area contributed by atoms with Crippen molar-refractivity contribution in [3.05, 3.63) is 17.8 Å². The first kappa shape index (κ1) is 10.6. The van der Waals surface area contributed by atoms with Crippen molar-refractivity contribution in [3.8, 4) is 0 Å². The van der Waals surface area contributed by atoms with E-state index in [4.69, 9.17) is 9.15 Å². The lowest BCUT2D eigenvalue weighted by molar-refractivity contribution is 0.191. The van der Waals surface area contributed by atoms with Crippen LogP contribution in [0.15, 0.2) is 10.6 Å². The van der Waals surface area contributed by atoms with E-state index in [2.05, 4.69) is 24.1 Å². The van der Waals surface area contributed by atoms with Gasteiger partial charge in [-0.2, -0.15) is 0 Å². The van der Waals surface area contributed by atoms with Gasteiger partial charge in [-0.3, -0.25) is 0 Å². The second-order valence-corrected chi connectivity index (χ2v) is 3.94. The molecule has 4 heteroatoms. The van der Waals surface area contributed by atoms with Gasteiger partial charge in [0.1, 0.15) is 5.76 Å². The minimum absolute atomic E-state index is 0.186. The Morgan fingerprint density at radius 1 is 1.67 bits per heavy atom. The summed E-state index contributed by atoms with van der Waals surface area (Å²) in [5.74, 6) is 2.14. The molecule has 1 N–H and O–H groups in total. The standard InChI is InChI=1S/C11H18N2O2/c1-3-12-8(2)11-13-6-10(15-11)9-4-5-14-7-9/h6,8-9,12H,3-5,7H2,1-2H3. The Labute approximate surface area is 90.0 Å². The van der Waals surface area contributed by atoms with Gasteiger partial charge in [-0.15, -0.1) is 0 Å². The minimum Gasteiger partial charge on any atom is -0.444 e. The number of hydrogen-bond donors (Lipinski definition) is 1. The predicted molar refractivity (Wildman–Crippen MR) is 56.8 cm³/mol. The fourth-order valence-electron chi connectivity index (χ4n) is 1.84. The molecule has 2 rings (SSSR count). The highest BCUT2D eigenvalue weighted by molar-refractivity contribution is 5.05. The lowest BCUT2D eigenvalue weighted by Crippen LogP contribution is -2.17. The lowest BCUT2D eigenvalue weighted by Gasteiger charge is -2.07. The van der Waals surface area contributed by atoms with Gasteiger partial charge in [0.05, 0.1) is 18.8 Å². The summed E-state index contributed by atoms with van der Waals surface area (Å²) in [6.45, 7) is 6.66. The summed E-state index contributed by atoms with van der Waals surface area (Å²) in [7, 11) is 0. The van der Waals surface area contributed by atoms with Gasteiger partial charge in [-0.25, -0.2) is 4.98 Å². The summed E-state index contributed by atoms with van der Waals surface area (Å²) >= 11 is 0. The van der Waals surface area contributed by atoms with E-state index < -0.39 is 0 Å².